The van der Waals surface area contributed by atoms with Gasteiger partial charge >= 0.3 is 0 Å². The fourth-order valence-electron chi connectivity index (χ4n) is 5.70. The Hall–Kier alpha value is -4.70. The predicted molar refractivity (Wildman–Crippen MR) is 175 cm³/mol. The van der Waals surface area contributed by atoms with E-state index in [2.05, 4.69) is 138 Å². The van der Waals surface area contributed by atoms with Crippen LogP contribution in [0.3, 0.4) is 0 Å². The van der Waals surface area contributed by atoms with Crippen molar-refractivity contribution in [1.82, 2.24) is 0 Å². The van der Waals surface area contributed by atoms with Crippen LogP contribution in [-0.4, -0.2) is 34.3 Å². The highest BCUT2D eigenvalue weighted by Crippen LogP contribution is 2.37. The number of hydrogen-bond donors (Lipinski definition) is 0. The molecule has 0 amide bonds. The van der Waals surface area contributed by atoms with E-state index < -0.39 is 0 Å². The van der Waals surface area contributed by atoms with Gasteiger partial charge in [-0.3, -0.25) is 0 Å². The maximum Gasteiger partial charge on any atom is 0.118 e. The van der Waals surface area contributed by atoms with Crippen LogP contribution in [0, 0.1) is 0 Å². The lowest BCUT2D eigenvalue weighted by molar-refractivity contribution is 0.415. The Kier molecular flexibility index (Phi) is 7.64. The van der Waals surface area contributed by atoms with Crippen LogP contribution in [0.1, 0.15) is 35.1 Å². The molecule has 4 nitrogen and oxygen atoms in total. The first kappa shape index (κ1) is 26.5. The Balaban J connectivity index is 1.36. The third-order valence-corrected chi connectivity index (χ3v) is 8.12. The molecule has 2 aliphatic heterocycles. The molecule has 0 bridgehead atoms. The zero-order chi connectivity index (χ0) is 28.2. The second-order valence-electron chi connectivity index (χ2n) is 10.8. The molecular formula is C37H37N3O. The van der Waals surface area contributed by atoms with Gasteiger partial charge in [0, 0.05) is 67.8 Å². The smallest absolute Gasteiger partial charge is 0.118 e. The van der Waals surface area contributed by atoms with Crippen LogP contribution in [0.2, 0.25) is 0 Å². The molecule has 0 N–H and O–H groups in total. The Bertz CT molecular complexity index is 1530. The molecule has 0 aromatic heterocycles. The van der Waals surface area contributed by atoms with Gasteiger partial charge in [0.2, 0.25) is 0 Å². The molecule has 0 fully saturated rings. The van der Waals surface area contributed by atoms with Gasteiger partial charge in [-0.25, -0.2) is 0 Å². The van der Waals surface area contributed by atoms with Crippen molar-refractivity contribution in [2.75, 3.05) is 49.0 Å². The van der Waals surface area contributed by atoms with Crippen LogP contribution >= 0.6 is 0 Å². The van der Waals surface area contributed by atoms with Gasteiger partial charge in [0.05, 0.1) is 7.11 Å². The number of anilines is 3. The van der Waals surface area contributed by atoms with Gasteiger partial charge in [-0.2, -0.15) is 0 Å². The van der Waals surface area contributed by atoms with E-state index in [9.17, 15) is 0 Å². The minimum Gasteiger partial charge on any atom is -0.497 e. The SMILES string of the molecule is COc1ccc(/C=C/c2ccc(N(/C=C3\CCN(C)c4ccccc43)/C=C3\CCN(C)c4ccccc43)cc2)cc1. The van der Waals surface area contributed by atoms with Crippen molar-refractivity contribution in [3.8, 4) is 5.75 Å². The highest BCUT2D eigenvalue weighted by atomic mass is 16.5. The van der Waals surface area contributed by atoms with E-state index in [1.807, 2.05) is 12.1 Å². The summed E-state index contributed by atoms with van der Waals surface area (Å²) in [6.07, 6.45) is 11.0. The van der Waals surface area contributed by atoms with Gasteiger partial charge < -0.3 is 19.4 Å². The summed E-state index contributed by atoms with van der Waals surface area (Å²) in [5.41, 5.74) is 11.4. The monoisotopic (exact) mass is 539 g/mol. The van der Waals surface area contributed by atoms with Crippen molar-refractivity contribution in [3.05, 3.63) is 132 Å². The van der Waals surface area contributed by atoms with E-state index in [0.29, 0.717) is 0 Å². The van der Waals surface area contributed by atoms with Crippen molar-refractivity contribution >= 4 is 40.4 Å². The summed E-state index contributed by atoms with van der Waals surface area (Å²) in [5.74, 6) is 0.870. The third kappa shape index (κ3) is 5.78. The molecule has 0 unspecified atom stereocenters. The maximum absolute atomic E-state index is 5.28. The van der Waals surface area contributed by atoms with Gasteiger partial charge in [-0.1, -0.05) is 72.8 Å². The van der Waals surface area contributed by atoms with E-state index in [0.717, 1.165) is 42.9 Å². The summed E-state index contributed by atoms with van der Waals surface area (Å²) in [4.78, 5) is 7.05. The summed E-state index contributed by atoms with van der Waals surface area (Å²) >= 11 is 0. The topological polar surface area (TPSA) is 19.0 Å². The molecule has 4 heteroatoms. The van der Waals surface area contributed by atoms with Crippen LogP contribution < -0.4 is 19.4 Å². The first-order chi connectivity index (χ1) is 20.1. The van der Waals surface area contributed by atoms with Crippen molar-refractivity contribution in [1.29, 1.82) is 0 Å². The van der Waals surface area contributed by atoms with Crippen molar-refractivity contribution in [3.63, 3.8) is 0 Å². The third-order valence-electron chi connectivity index (χ3n) is 8.12. The average Bonchev–Trinajstić information content (AvgIpc) is 3.03. The van der Waals surface area contributed by atoms with Gasteiger partial charge in [-0.15, -0.1) is 0 Å². The molecule has 0 saturated carbocycles. The normalized spacial score (nSPS) is 16.7. The molecule has 206 valence electrons. The molecule has 41 heavy (non-hydrogen) atoms. The first-order valence-electron chi connectivity index (χ1n) is 14.3. The lowest BCUT2D eigenvalue weighted by Crippen LogP contribution is -2.25. The summed E-state index contributed by atoms with van der Waals surface area (Å²) in [6, 6.07) is 34.5. The van der Waals surface area contributed by atoms with Gasteiger partial charge in [0.25, 0.3) is 0 Å². The van der Waals surface area contributed by atoms with Crippen LogP contribution in [-0.2, 0) is 0 Å². The standard InChI is InChI=1S/C37H37N3O/c1-38-24-22-30(34-8-4-6-10-36(34)38)26-40(27-31-23-25-39(2)37-11-7-5-9-35(31)37)32-18-14-28(15-19-32)12-13-29-16-20-33(41-3)21-17-29/h4-21,26-27H,22-25H2,1-3H3/b13-12+,30-26+,31-27+. The lowest BCUT2D eigenvalue weighted by Gasteiger charge is -2.32. The molecule has 0 radical (unpaired) electrons. The number of hydrogen-bond acceptors (Lipinski definition) is 4. The van der Waals surface area contributed by atoms with Crippen LogP contribution in [0.5, 0.6) is 5.75 Å². The van der Waals surface area contributed by atoms with Crippen molar-refractivity contribution < 1.29 is 4.74 Å². The predicted octanol–water partition coefficient (Wildman–Crippen LogP) is 8.43. The van der Waals surface area contributed by atoms with E-state index >= 15 is 0 Å². The second-order valence-corrected chi connectivity index (χ2v) is 10.8. The summed E-state index contributed by atoms with van der Waals surface area (Å²) in [7, 11) is 6.06. The molecule has 0 aliphatic carbocycles. The minimum atomic E-state index is 0.870. The highest BCUT2D eigenvalue weighted by molar-refractivity contribution is 5.84. The minimum absolute atomic E-state index is 0.870. The number of benzene rings is 4. The number of para-hydroxylation sites is 2. The quantitative estimate of drug-likeness (QED) is 0.229. The zero-order valence-electron chi connectivity index (χ0n) is 24.1. The number of fused-ring (bicyclic) bond motifs is 2. The summed E-state index contributed by atoms with van der Waals surface area (Å²) in [5, 5.41) is 0. The number of methoxy groups -OCH3 is 1. The van der Waals surface area contributed by atoms with E-state index in [-0.39, 0.29) is 0 Å². The Morgan fingerprint density at radius 1 is 0.610 bits per heavy atom. The largest absolute Gasteiger partial charge is 0.497 e. The average molecular weight is 540 g/mol. The van der Waals surface area contributed by atoms with Crippen LogP contribution in [0.25, 0.3) is 23.3 Å². The van der Waals surface area contributed by atoms with Gasteiger partial charge in [-0.05, 0) is 71.5 Å². The Labute approximate surface area is 244 Å². The summed E-state index contributed by atoms with van der Waals surface area (Å²) < 4.78 is 5.28. The van der Waals surface area contributed by atoms with Gasteiger partial charge in [0.15, 0.2) is 0 Å². The van der Waals surface area contributed by atoms with E-state index in [4.69, 9.17) is 4.74 Å². The van der Waals surface area contributed by atoms with E-state index in [1.165, 1.54) is 39.2 Å². The molecular weight excluding hydrogens is 502 g/mol. The molecule has 4 aromatic carbocycles. The molecule has 0 saturated heterocycles. The second kappa shape index (κ2) is 11.8. The zero-order valence-corrected chi connectivity index (χ0v) is 24.1. The van der Waals surface area contributed by atoms with E-state index in [1.54, 1.807) is 7.11 Å². The Morgan fingerprint density at radius 2 is 1.07 bits per heavy atom. The number of rotatable bonds is 6. The van der Waals surface area contributed by atoms with Gasteiger partial charge in [0.1, 0.15) is 5.75 Å². The van der Waals surface area contributed by atoms with Crippen LogP contribution in [0.15, 0.2) is 109 Å². The van der Waals surface area contributed by atoms with Crippen LogP contribution in [0.4, 0.5) is 17.1 Å². The highest BCUT2D eigenvalue weighted by Gasteiger charge is 2.21. The first-order valence-corrected chi connectivity index (χ1v) is 14.3. The van der Waals surface area contributed by atoms with Crippen molar-refractivity contribution in [2.45, 2.75) is 12.8 Å². The molecule has 4 aromatic rings. The fourth-order valence-corrected chi connectivity index (χ4v) is 5.70. The molecule has 6 rings (SSSR count). The fraction of sp³-hybridized carbons (Fsp3) is 0.189. The maximum atomic E-state index is 5.28. The lowest BCUT2D eigenvalue weighted by atomic mass is 9.95. The molecule has 0 atom stereocenters. The van der Waals surface area contributed by atoms with Crippen molar-refractivity contribution in [2.24, 2.45) is 0 Å². The Morgan fingerprint density at radius 3 is 1.56 bits per heavy atom. The number of ether oxygens (including phenoxy) is 1. The summed E-state index contributed by atoms with van der Waals surface area (Å²) in [6.45, 7) is 2.02. The molecule has 2 aliphatic rings. The number of nitrogens with zero attached hydrogens (tertiary/aromatic N) is 3. The molecule has 2 heterocycles. The molecule has 0 spiro atoms.